The summed E-state index contributed by atoms with van der Waals surface area (Å²) in [7, 11) is 0. The van der Waals surface area contributed by atoms with Crippen LogP contribution in [0.4, 0.5) is 5.69 Å². The van der Waals surface area contributed by atoms with E-state index < -0.39 is 0 Å². The maximum atomic E-state index is 13.1. The van der Waals surface area contributed by atoms with Crippen molar-refractivity contribution in [2.75, 3.05) is 18.5 Å². The molecule has 36 heavy (non-hydrogen) atoms. The van der Waals surface area contributed by atoms with Gasteiger partial charge in [0, 0.05) is 24.7 Å². The van der Waals surface area contributed by atoms with Crippen LogP contribution in [0.2, 0.25) is 0 Å². The Hall–Kier alpha value is -3.68. The van der Waals surface area contributed by atoms with E-state index in [0.717, 1.165) is 41.9 Å². The third-order valence-electron chi connectivity index (χ3n) is 6.27. The molecule has 1 unspecified atom stereocenters. The molecule has 1 aliphatic heterocycles. The Labute approximate surface area is 211 Å². The average Bonchev–Trinajstić information content (AvgIpc) is 3.33. The molecule has 4 aromatic rings. The van der Waals surface area contributed by atoms with E-state index in [4.69, 9.17) is 14.2 Å². The minimum Gasteiger partial charge on any atom is -0.486 e. The number of imidazole rings is 1. The first-order valence-corrected chi connectivity index (χ1v) is 12.4. The molecule has 1 fully saturated rings. The Kier molecular flexibility index (Phi) is 7.59. The maximum Gasteiger partial charge on any atom is 0.259 e. The molecule has 0 saturated carbocycles. The monoisotopic (exact) mass is 485 g/mol. The number of aryl methyl sites for hydroxylation is 1. The van der Waals surface area contributed by atoms with Gasteiger partial charge in [0.2, 0.25) is 0 Å². The van der Waals surface area contributed by atoms with Gasteiger partial charge in [-0.3, -0.25) is 4.79 Å². The molecule has 0 spiro atoms. The summed E-state index contributed by atoms with van der Waals surface area (Å²) in [5.74, 6) is 0.279. The summed E-state index contributed by atoms with van der Waals surface area (Å²) >= 11 is 0. The lowest BCUT2D eigenvalue weighted by molar-refractivity contribution is -0.0447. The summed E-state index contributed by atoms with van der Waals surface area (Å²) in [5.41, 5.74) is 4.96. The van der Waals surface area contributed by atoms with E-state index in [9.17, 15) is 4.79 Å². The maximum absolute atomic E-state index is 13.1. The van der Waals surface area contributed by atoms with E-state index in [0.29, 0.717) is 30.2 Å². The molecular formula is C29H31N3O4. The molecule has 0 aliphatic carbocycles. The molecule has 186 valence electrons. The molecule has 5 rings (SSSR count). The molecule has 1 saturated heterocycles. The van der Waals surface area contributed by atoms with E-state index in [2.05, 4.69) is 10.3 Å². The third kappa shape index (κ3) is 5.93. The Bertz CT molecular complexity index is 1330. The number of anilines is 1. The lowest BCUT2D eigenvalue weighted by Gasteiger charge is -2.22. The van der Waals surface area contributed by atoms with Gasteiger partial charge in [-0.1, -0.05) is 30.3 Å². The third-order valence-corrected chi connectivity index (χ3v) is 6.27. The van der Waals surface area contributed by atoms with Crippen LogP contribution in [0.1, 0.15) is 46.4 Å². The van der Waals surface area contributed by atoms with Crippen molar-refractivity contribution in [3.8, 4) is 5.75 Å². The fourth-order valence-electron chi connectivity index (χ4n) is 4.39. The lowest BCUT2D eigenvalue weighted by Crippen LogP contribution is -2.24. The number of para-hydroxylation sites is 1. The molecule has 7 nitrogen and oxygen atoms in total. The Balaban J connectivity index is 1.20. The van der Waals surface area contributed by atoms with Crippen LogP contribution < -0.4 is 10.1 Å². The van der Waals surface area contributed by atoms with E-state index in [-0.39, 0.29) is 18.6 Å². The van der Waals surface area contributed by atoms with Crippen LogP contribution in [0.3, 0.4) is 0 Å². The molecular weight excluding hydrogens is 454 g/mol. The number of ether oxygens (including phenoxy) is 3. The van der Waals surface area contributed by atoms with Crippen molar-refractivity contribution in [2.45, 2.75) is 45.5 Å². The van der Waals surface area contributed by atoms with Crippen LogP contribution in [0, 0.1) is 6.92 Å². The molecule has 1 atom stereocenters. The fourth-order valence-corrected chi connectivity index (χ4v) is 4.39. The van der Waals surface area contributed by atoms with Gasteiger partial charge in [-0.05, 0) is 67.6 Å². The zero-order chi connectivity index (χ0) is 24.7. The van der Waals surface area contributed by atoms with Crippen LogP contribution in [-0.2, 0) is 22.7 Å². The summed E-state index contributed by atoms with van der Waals surface area (Å²) in [6.45, 7) is 4.18. The summed E-state index contributed by atoms with van der Waals surface area (Å²) in [5, 5.41) is 2.99. The van der Waals surface area contributed by atoms with E-state index >= 15 is 0 Å². The Morgan fingerprint density at radius 3 is 2.89 bits per heavy atom. The number of benzene rings is 2. The highest BCUT2D eigenvalue weighted by Gasteiger charge is 2.15. The second-order valence-corrected chi connectivity index (χ2v) is 9.10. The number of nitrogens with one attached hydrogen (secondary N) is 1. The molecule has 1 N–H and O–H groups in total. The molecule has 2 aromatic heterocycles. The first-order chi connectivity index (χ1) is 17.7. The van der Waals surface area contributed by atoms with Gasteiger partial charge >= 0.3 is 0 Å². The largest absolute Gasteiger partial charge is 0.486 e. The van der Waals surface area contributed by atoms with Crippen molar-refractivity contribution < 1.29 is 19.0 Å². The van der Waals surface area contributed by atoms with Crippen molar-refractivity contribution >= 4 is 17.2 Å². The Morgan fingerprint density at radius 1 is 1.11 bits per heavy atom. The van der Waals surface area contributed by atoms with Crippen LogP contribution in [0.25, 0.3) is 5.65 Å². The minimum absolute atomic E-state index is 0.183. The molecule has 0 radical (unpaired) electrons. The van der Waals surface area contributed by atoms with Crippen molar-refractivity contribution in [3.63, 3.8) is 0 Å². The number of aromatic nitrogens is 2. The zero-order valence-electron chi connectivity index (χ0n) is 20.5. The highest BCUT2D eigenvalue weighted by Crippen LogP contribution is 2.22. The van der Waals surface area contributed by atoms with E-state index in [1.54, 1.807) is 12.1 Å². The topological polar surface area (TPSA) is 74.1 Å². The quantitative estimate of drug-likeness (QED) is 0.336. The van der Waals surface area contributed by atoms with Gasteiger partial charge in [0.05, 0.1) is 30.6 Å². The van der Waals surface area contributed by atoms with Crippen molar-refractivity contribution in [1.29, 1.82) is 0 Å². The fraction of sp³-hybridized carbons (Fsp3) is 0.310. The van der Waals surface area contributed by atoms with Gasteiger partial charge in [-0.25, -0.2) is 4.98 Å². The summed E-state index contributed by atoms with van der Waals surface area (Å²) in [6, 6.07) is 19.0. The first kappa shape index (κ1) is 24.0. The summed E-state index contributed by atoms with van der Waals surface area (Å²) < 4.78 is 19.6. The van der Waals surface area contributed by atoms with Crippen molar-refractivity contribution in [2.24, 2.45) is 0 Å². The number of pyridine rings is 1. The molecule has 1 amide bonds. The Morgan fingerprint density at radius 2 is 2.03 bits per heavy atom. The lowest BCUT2D eigenvalue weighted by atomic mass is 10.1. The molecule has 3 heterocycles. The normalized spacial score (nSPS) is 15.6. The number of nitrogens with zero attached hydrogens (tertiary/aromatic N) is 2. The second kappa shape index (κ2) is 11.4. The van der Waals surface area contributed by atoms with Crippen LogP contribution >= 0.6 is 0 Å². The number of fused-ring (bicyclic) bond motifs is 1. The number of hydrogen-bond acceptors (Lipinski definition) is 5. The highest BCUT2D eigenvalue weighted by atomic mass is 16.5. The van der Waals surface area contributed by atoms with Gasteiger partial charge in [-0.15, -0.1) is 0 Å². The zero-order valence-corrected chi connectivity index (χ0v) is 20.5. The predicted octanol–water partition coefficient (Wildman–Crippen LogP) is 5.56. The SMILES string of the molecule is Cc1cccn2cc(COc3ccccc3C(=O)Nc3cccc(COCC4CCCCO4)c3)nc12. The van der Waals surface area contributed by atoms with Gasteiger partial charge in [-0.2, -0.15) is 0 Å². The number of rotatable bonds is 9. The van der Waals surface area contributed by atoms with Gasteiger partial charge < -0.3 is 23.9 Å². The summed E-state index contributed by atoms with van der Waals surface area (Å²) in [4.78, 5) is 17.8. The van der Waals surface area contributed by atoms with Gasteiger partial charge in [0.15, 0.2) is 0 Å². The van der Waals surface area contributed by atoms with Gasteiger partial charge in [0.25, 0.3) is 5.91 Å². The van der Waals surface area contributed by atoms with Crippen LogP contribution in [0.5, 0.6) is 5.75 Å². The van der Waals surface area contributed by atoms with Gasteiger partial charge in [0.1, 0.15) is 18.0 Å². The standard InChI is InChI=1S/C29H31N3O4/c1-21-8-7-14-32-17-24(30-28(21)32)19-36-27-13-3-2-12-26(27)29(33)31-23-10-6-9-22(16-23)18-34-20-25-11-4-5-15-35-25/h2-3,6-10,12-14,16-17,25H,4-5,11,15,18-20H2,1H3,(H,31,33). The summed E-state index contributed by atoms with van der Waals surface area (Å²) in [6.07, 6.45) is 7.46. The van der Waals surface area contributed by atoms with E-state index in [1.165, 1.54) is 6.42 Å². The van der Waals surface area contributed by atoms with Crippen molar-refractivity contribution in [1.82, 2.24) is 9.38 Å². The number of hydrogen-bond donors (Lipinski definition) is 1. The highest BCUT2D eigenvalue weighted by molar-refractivity contribution is 6.06. The average molecular weight is 486 g/mol. The molecule has 1 aliphatic rings. The second-order valence-electron chi connectivity index (χ2n) is 9.10. The molecule has 7 heteroatoms. The van der Waals surface area contributed by atoms with Crippen LogP contribution in [-0.4, -0.2) is 34.6 Å². The number of amides is 1. The molecule has 2 aromatic carbocycles. The predicted molar refractivity (Wildman–Crippen MR) is 138 cm³/mol. The first-order valence-electron chi connectivity index (χ1n) is 12.4. The smallest absolute Gasteiger partial charge is 0.259 e. The number of carbonyl (C=O) groups excluding carboxylic acids is 1. The van der Waals surface area contributed by atoms with Crippen LogP contribution in [0.15, 0.2) is 73.1 Å². The molecule has 0 bridgehead atoms. The van der Waals surface area contributed by atoms with E-state index in [1.807, 2.05) is 72.2 Å². The number of carbonyl (C=O) groups is 1. The minimum atomic E-state index is -0.231. The van der Waals surface area contributed by atoms with Crippen molar-refractivity contribution in [3.05, 3.63) is 95.4 Å².